The van der Waals surface area contributed by atoms with Crippen molar-refractivity contribution in [1.82, 2.24) is 0 Å². The lowest BCUT2D eigenvalue weighted by Gasteiger charge is -2.26. The monoisotopic (exact) mass is 867 g/mol. The number of furan rings is 1. The second-order valence-electron chi connectivity index (χ2n) is 17.2. The third kappa shape index (κ3) is 7.64. The van der Waals surface area contributed by atoms with Gasteiger partial charge in [0.2, 0.25) is 0 Å². The molecule has 0 aliphatic rings. The third-order valence-corrected chi connectivity index (χ3v) is 13.2. The molecule has 0 fully saturated rings. The predicted molar refractivity (Wildman–Crippen MR) is 286 cm³/mol. The van der Waals surface area contributed by atoms with E-state index < -0.39 is 0 Å². The molecule has 0 spiro atoms. The van der Waals surface area contributed by atoms with E-state index in [0.717, 1.165) is 55.7 Å². The Morgan fingerprint density at radius 2 is 0.515 bits per heavy atom. The van der Waals surface area contributed by atoms with Gasteiger partial charge in [-0.2, -0.15) is 0 Å². The van der Waals surface area contributed by atoms with Crippen LogP contribution in [0.4, 0.5) is 17.1 Å². The summed E-state index contributed by atoms with van der Waals surface area (Å²) >= 11 is 0. The molecule has 0 saturated carbocycles. The molecule has 68 heavy (non-hydrogen) atoms. The van der Waals surface area contributed by atoms with Crippen molar-refractivity contribution in [3.05, 3.63) is 273 Å². The highest BCUT2D eigenvalue weighted by Crippen LogP contribution is 2.44. The van der Waals surface area contributed by atoms with Crippen LogP contribution in [-0.2, 0) is 0 Å². The van der Waals surface area contributed by atoms with Gasteiger partial charge >= 0.3 is 0 Å². The van der Waals surface area contributed by atoms with Crippen molar-refractivity contribution in [2.24, 2.45) is 0 Å². The molecule has 0 unspecified atom stereocenters. The Morgan fingerprint density at radius 1 is 0.206 bits per heavy atom. The Morgan fingerprint density at radius 3 is 1.01 bits per heavy atom. The maximum atomic E-state index is 6.27. The van der Waals surface area contributed by atoms with Crippen LogP contribution in [0.15, 0.2) is 277 Å². The smallest absolute Gasteiger partial charge is 0.136 e. The lowest BCUT2D eigenvalue weighted by molar-refractivity contribution is 0.669. The van der Waals surface area contributed by atoms with Crippen LogP contribution >= 0.6 is 0 Å². The Kier molecular flexibility index (Phi) is 10.6. The van der Waals surface area contributed by atoms with Gasteiger partial charge in [-0.1, -0.05) is 224 Å². The summed E-state index contributed by atoms with van der Waals surface area (Å²) in [6.07, 6.45) is 0. The molecule has 0 atom stereocenters. The molecule has 0 bridgehead atoms. The van der Waals surface area contributed by atoms with Gasteiger partial charge in [0.1, 0.15) is 11.2 Å². The van der Waals surface area contributed by atoms with Crippen molar-refractivity contribution in [3.63, 3.8) is 0 Å². The average Bonchev–Trinajstić information content (AvgIpc) is 3.81. The zero-order valence-electron chi connectivity index (χ0n) is 37.3. The molecule has 0 N–H and O–H groups in total. The predicted octanol–water partition coefficient (Wildman–Crippen LogP) is 18.7. The quantitative estimate of drug-likeness (QED) is 0.136. The Bertz CT molecular complexity index is 3680. The van der Waals surface area contributed by atoms with E-state index in [0.29, 0.717) is 0 Å². The second kappa shape index (κ2) is 17.8. The molecule has 2 nitrogen and oxygen atoms in total. The molecule has 0 aliphatic carbocycles. The Hall–Kier alpha value is -8.98. The summed E-state index contributed by atoms with van der Waals surface area (Å²) in [6.45, 7) is 0. The molecule has 12 rings (SSSR count). The highest BCUT2D eigenvalue weighted by atomic mass is 16.3. The molecule has 0 saturated heterocycles. The van der Waals surface area contributed by atoms with E-state index in [1.54, 1.807) is 0 Å². The number of para-hydroxylation sites is 1. The van der Waals surface area contributed by atoms with Gasteiger partial charge in [-0.25, -0.2) is 0 Å². The molecule has 0 radical (unpaired) electrons. The van der Waals surface area contributed by atoms with Crippen LogP contribution in [0.3, 0.4) is 0 Å². The molecule has 320 valence electrons. The normalized spacial score (nSPS) is 11.2. The van der Waals surface area contributed by atoms with Gasteiger partial charge in [0.25, 0.3) is 0 Å². The lowest BCUT2D eigenvalue weighted by Crippen LogP contribution is -2.09. The highest BCUT2D eigenvalue weighted by Gasteiger charge is 2.18. The van der Waals surface area contributed by atoms with E-state index in [1.807, 2.05) is 12.1 Å². The first kappa shape index (κ1) is 40.5. The van der Waals surface area contributed by atoms with E-state index in [-0.39, 0.29) is 0 Å². The van der Waals surface area contributed by atoms with Crippen LogP contribution in [0.1, 0.15) is 0 Å². The van der Waals surface area contributed by atoms with E-state index >= 15 is 0 Å². The molecule has 12 aromatic rings. The summed E-state index contributed by atoms with van der Waals surface area (Å²) in [7, 11) is 0. The average molecular weight is 868 g/mol. The summed E-state index contributed by atoms with van der Waals surface area (Å²) in [4.78, 5) is 2.35. The summed E-state index contributed by atoms with van der Waals surface area (Å²) < 4.78 is 6.27. The Labute approximate surface area is 397 Å². The zero-order chi connectivity index (χ0) is 45.2. The van der Waals surface area contributed by atoms with Crippen molar-refractivity contribution in [3.8, 4) is 77.9 Å². The summed E-state index contributed by atoms with van der Waals surface area (Å²) in [5, 5.41) is 2.26. The van der Waals surface area contributed by atoms with Gasteiger partial charge in [0, 0.05) is 27.8 Å². The van der Waals surface area contributed by atoms with Gasteiger partial charge in [-0.3, -0.25) is 0 Å². The van der Waals surface area contributed by atoms with Crippen molar-refractivity contribution < 1.29 is 4.42 Å². The Balaban J connectivity index is 0.919. The van der Waals surface area contributed by atoms with E-state index in [9.17, 15) is 0 Å². The van der Waals surface area contributed by atoms with Crippen LogP contribution < -0.4 is 4.90 Å². The lowest BCUT2D eigenvalue weighted by atomic mass is 9.87. The number of rotatable bonds is 10. The van der Waals surface area contributed by atoms with Gasteiger partial charge in [0.05, 0.1) is 0 Å². The van der Waals surface area contributed by atoms with Gasteiger partial charge < -0.3 is 9.32 Å². The van der Waals surface area contributed by atoms with E-state index in [2.05, 4.69) is 266 Å². The number of fused-ring (bicyclic) bond motifs is 3. The fraction of sp³-hybridized carbons (Fsp3) is 0. The second-order valence-corrected chi connectivity index (χ2v) is 17.2. The van der Waals surface area contributed by atoms with Gasteiger partial charge in [-0.15, -0.1) is 0 Å². The van der Waals surface area contributed by atoms with E-state index in [1.165, 1.54) is 61.2 Å². The van der Waals surface area contributed by atoms with Crippen LogP contribution in [-0.4, -0.2) is 0 Å². The minimum atomic E-state index is 0.895. The number of anilines is 3. The van der Waals surface area contributed by atoms with Crippen LogP contribution in [0, 0.1) is 0 Å². The van der Waals surface area contributed by atoms with Crippen molar-refractivity contribution in [2.75, 3.05) is 4.90 Å². The van der Waals surface area contributed by atoms with Crippen LogP contribution in [0.2, 0.25) is 0 Å². The molecule has 0 amide bonds. The summed E-state index contributed by atoms with van der Waals surface area (Å²) in [5.41, 5.74) is 21.6. The number of nitrogens with zero attached hydrogens (tertiary/aromatic N) is 1. The standard InChI is InChI=1S/C66H45NO/c1-3-16-46(17-4-1)47-30-32-48(33-31-47)49-34-40-53(41-35-49)67(55-44-38-52(39-45-55)58-27-15-29-65-66(58)63-26-13-14-28-64(63)68-65)54-42-36-51(37-43-54)57-21-8-10-23-60(57)62-25-12-11-24-61(62)59-22-9-7-20-56(59)50-18-5-2-6-19-50/h1-45H. The van der Waals surface area contributed by atoms with Crippen LogP contribution in [0.25, 0.3) is 99.8 Å². The highest BCUT2D eigenvalue weighted by molar-refractivity contribution is 6.12. The fourth-order valence-corrected chi connectivity index (χ4v) is 9.84. The van der Waals surface area contributed by atoms with Crippen LogP contribution in [0.5, 0.6) is 0 Å². The zero-order valence-corrected chi connectivity index (χ0v) is 37.3. The van der Waals surface area contributed by atoms with Crippen molar-refractivity contribution in [2.45, 2.75) is 0 Å². The number of hydrogen-bond donors (Lipinski definition) is 0. The molecule has 11 aromatic carbocycles. The SMILES string of the molecule is c1ccc(-c2ccc(-c3ccc(N(c4ccc(-c5ccccc5-c5ccccc5-c5ccccc5-c5ccccc5)cc4)c4ccc(-c5cccc6oc7ccccc7c56)cc4)cc3)cc2)cc1. The molecule has 0 aliphatic heterocycles. The molecule has 1 aromatic heterocycles. The largest absolute Gasteiger partial charge is 0.456 e. The number of benzene rings is 11. The minimum Gasteiger partial charge on any atom is -0.456 e. The molecular weight excluding hydrogens is 823 g/mol. The van der Waals surface area contributed by atoms with Crippen molar-refractivity contribution >= 4 is 39.0 Å². The minimum absolute atomic E-state index is 0.895. The fourth-order valence-electron chi connectivity index (χ4n) is 9.84. The third-order valence-electron chi connectivity index (χ3n) is 13.2. The maximum Gasteiger partial charge on any atom is 0.136 e. The topological polar surface area (TPSA) is 16.4 Å². The molecule has 2 heteroatoms. The van der Waals surface area contributed by atoms with Gasteiger partial charge in [0.15, 0.2) is 0 Å². The first-order chi connectivity index (χ1) is 33.7. The molecule has 1 heterocycles. The first-order valence-corrected chi connectivity index (χ1v) is 23.2. The van der Waals surface area contributed by atoms with E-state index in [4.69, 9.17) is 4.42 Å². The number of hydrogen-bond acceptors (Lipinski definition) is 2. The first-order valence-electron chi connectivity index (χ1n) is 23.2. The van der Waals surface area contributed by atoms with Gasteiger partial charge in [-0.05, 0) is 126 Å². The molecular formula is C66H45NO. The van der Waals surface area contributed by atoms with Crippen molar-refractivity contribution in [1.29, 1.82) is 0 Å². The summed E-state index contributed by atoms with van der Waals surface area (Å²) in [5.74, 6) is 0. The summed E-state index contributed by atoms with van der Waals surface area (Å²) in [6, 6.07) is 98.0. The maximum absolute atomic E-state index is 6.27.